The van der Waals surface area contributed by atoms with Crippen LogP contribution in [-0.2, 0) is 9.53 Å². The van der Waals surface area contributed by atoms with Gasteiger partial charge in [-0.15, -0.1) is 0 Å². The summed E-state index contributed by atoms with van der Waals surface area (Å²) < 4.78 is 10.2. The fourth-order valence-electron chi connectivity index (χ4n) is 1.75. The SMILES string of the molecule is CCOc1ccc(C(NC(C)(C)C)C(=O)OC)cc1. The Morgan fingerprint density at radius 2 is 1.84 bits per heavy atom. The first kappa shape index (κ1) is 15.5. The molecule has 0 aliphatic heterocycles. The second-order valence-corrected chi connectivity index (χ2v) is 5.35. The van der Waals surface area contributed by atoms with Crippen LogP contribution in [0.2, 0.25) is 0 Å². The smallest absolute Gasteiger partial charge is 0.327 e. The highest BCUT2D eigenvalue weighted by Gasteiger charge is 2.26. The molecule has 1 aromatic rings. The van der Waals surface area contributed by atoms with Crippen molar-refractivity contribution in [3.8, 4) is 5.75 Å². The largest absolute Gasteiger partial charge is 0.494 e. The Balaban J connectivity index is 2.94. The van der Waals surface area contributed by atoms with Gasteiger partial charge in [0.05, 0.1) is 13.7 Å². The molecule has 0 fully saturated rings. The van der Waals surface area contributed by atoms with Crippen molar-refractivity contribution in [1.29, 1.82) is 0 Å². The Kier molecular flexibility index (Phi) is 5.36. The number of rotatable bonds is 5. The summed E-state index contributed by atoms with van der Waals surface area (Å²) in [6, 6.07) is 7.01. The van der Waals surface area contributed by atoms with E-state index in [1.807, 2.05) is 52.0 Å². The molecule has 0 aliphatic carbocycles. The molecule has 1 N–H and O–H groups in total. The Morgan fingerprint density at radius 1 is 1.26 bits per heavy atom. The van der Waals surface area contributed by atoms with Crippen LogP contribution in [0.15, 0.2) is 24.3 Å². The standard InChI is InChI=1S/C15H23NO3/c1-6-19-12-9-7-11(8-10-12)13(14(17)18-5)16-15(2,3)4/h7-10,13,16H,6H2,1-5H3. The first-order chi connectivity index (χ1) is 8.87. The molecule has 0 amide bonds. The first-order valence-corrected chi connectivity index (χ1v) is 6.45. The van der Waals surface area contributed by atoms with Gasteiger partial charge in [0, 0.05) is 5.54 Å². The van der Waals surface area contributed by atoms with Crippen LogP contribution in [0.25, 0.3) is 0 Å². The summed E-state index contributed by atoms with van der Waals surface area (Å²) in [7, 11) is 1.40. The van der Waals surface area contributed by atoms with Crippen molar-refractivity contribution < 1.29 is 14.3 Å². The molecule has 0 aromatic heterocycles. The van der Waals surface area contributed by atoms with Gasteiger partial charge < -0.3 is 9.47 Å². The van der Waals surface area contributed by atoms with E-state index in [9.17, 15) is 4.79 Å². The van der Waals surface area contributed by atoms with Gasteiger partial charge in [0.2, 0.25) is 0 Å². The Hall–Kier alpha value is -1.55. The minimum Gasteiger partial charge on any atom is -0.494 e. The topological polar surface area (TPSA) is 47.6 Å². The number of hydrogen-bond acceptors (Lipinski definition) is 4. The average molecular weight is 265 g/mol. The van der Waals surface area contributed by atoms with Gasteiger partial charge in [0.15, 0.2) is 0 Å². The molecule has 4 heteroatoms. The van der Waals surface area contributed by atoms with E-state index in [0.717, 1.165) is 11.3 Å². The van der Waals surface area contributed by atoms with E-state index in [1.165, 1.54) is 7.11 Å². The van der Waals surface area contributed by atoms with Crippen LogP contribution in [-0.4, -0.2) is 25.2 Å². The predicted molar refractivity (Wildman–Crippen MR) is 75.3 cm³/mol. The van der Waals surface area contributed by atoms with Gasteiger partial charge in [-0.2, -0.15) is 0 Å². The van der Waals surface area contributed by atoms with E-state index in [0.29, 0.717) is 6.61 Å². The highest BCUT2D eigenvalue weighted by atomic mass is 16.5. The third kappa shape index (κ3) is 4.91. The van der Waals surface area contributed by atoms with Gasteiger partial charge in [0.25, 0.3) is 0 Å². The molecule has 0 bridgehead atoms. The summed E-state index contributed by atoms with van der Waals surface area (Å²) in [6.45, 7) is 8.60. The summed E-state index contributed by atoms with van der Waals surface area (Å²) in [5, 5.41) is 3.26. The lowest BCUT2D eigenvalue weighted by molar-refractivity contribution is -0.143. The molecule has 4 nitrogen and oxygen atoms in total. The maximum Gasteiger partial charge on any atom is 0.327 e. The molecule has 0 saturated carbocycles. The van der Waals surface area contributed by atoms with Crippen molar-refractivity contribution in [3.05, 3.63) is 29.8 Å². The van der Waals surface area contributed by atoms with Crippen LogP contribution in [0.5, 0.6) is 5.75 Å². The number of ether oxygens (including phenoxy) is 2. The number of nitrogens with one attached hydrogen (secondary N) is 1. The van der Waals surface area contributed by atoms with Crippen LogP contribution in [0.3, 0.4) is 0 Å². The summed E-state index contributed by atoms with van der Waals surface area (Å²) in [4.78, 5) is 11.9. The van der Waals surface area contributed by atoms with Gasteiger partial charge in [-0.05, 0) is 45.4 Å². The zero-order chi connectivity index (χ0) is 14.5. The summed E-state index contributed by atoms with van der Waals surface area (Å²) in [5.74, 6) is 0.504. The second kappa shape index (κ2) is 6.57. The fraction of sp³-hybridized carbons (Fsp3) is 0.533. The summed E-state index contributed by atoms with van der Waals surface area (Å²) in [6.07, 6.45) is 0. The Morgan fingerprint density at radius 3 is 2.26 bits per heavy atom. The minimum atomic E-state index is -0.472. The van der Waals surface area contributed by atoms with Crippen LogP contribution in [0, 0.1) is 0 Å². The van der Waals surface area contributed by atoms with E-state index >= 15 is 0 Å². The molecule has 0 radical (unpaired) electrons. The van der Waals surface area contributed by atoms with Crippen molar-refractivity contribution >= 4 is 5.97 Å². The number of benzene rings is 1. The third-order valence-corrected chi connectivity index (χ3v) is 2.54. The molecule has 0 spiro atoms. The van der Waals surface area contributed by atoms with Crippen molar-refractivity contribution in [2.24, 2.45) is 0 Å². The lowest BCUT2D eigenvalue weighted by Gasteiger charge is -2.27. The van der Waals surface area contributed by atoms with Crippen LogP contribution >= 0.6 is 0 Å². The van der Waals surface area contributed by atoms with Gasteiger partial charge in [-0.3, -0.25) is 5.32 Å². The monoisotopic (exact) mass is 265 g/mol. The lowest BCUT2D eigenvalue weighted by Crippen LogP contribution is -2.42. The van der Waals surface area contributed by atoms with Crippen LogP contribution in [0.4, 0.5) is 0 Å². The van der Waals surface area contributed by atoms with Gasteiger partial charge >= 0.3 is 5.97 Å². The molecular formula is C15H23NO3. The molecular weight excluding hydrogens is 242 g/mol. The Labute approximate surface area is 115 Å². The summed E-state index contributed by atoms with van der Waals surface area (Å²) in [5.41, 5.74) is 0.683. The minimum absolute atomic E-state index is 0.183. The predicted octanol–water partition coefficient (Wildman–Crippen LogP) is 2.69. The highest BCUT2D eigenvalue weighted by Crippen LogP contribution is 2.21. The molecule has 1 rings (SSSR count). The molecule has 1 unspecified atom stereocenters. The van der Waals surface area contributed by atoms with Crippen LogP contribution < -0.4 is 10.1 Å². The number of carbonyl (C=O) groups excluding carboxylic acids is 1. The van der Waals surface area contributed by atoms with Crippen molar-refractivity contribution in [2.75, 3.05) is 13.7 Å². The zero-order valence-electron chi connectivity index (χ0n) is 12.3. The van der Waals surface area contributed by atoms with E-state index in [4.69, 9.17) is 9.47 Å². The van der Waals surface area contributed by atoms with E-state index < -0.39 is 6.04 Å². The fourth-order valence-corrected chi connectivity index (χ4v) is 1.75. The third-order valence-electron chi connectivity index (χ3n) is 2.54. The molecule has 0 aliphatic rings. The molecule has 19 heavy (non-hydrogen) atoms. The number of carbonyl (C=O) groups is 1. The van der Waals surface area contributed by atoms with Crippen LogP contribution in [0.1, 0.15) is 39.3 Å². The van der Waals surface area contributed by atoms with Gasteiger partial charge in [-0.1, -0.05) is 12.1 Å². The number of methoxy groups -OCH3 is 1. The summed E-state index contributed by atoms with van der Waals surface area (Å²) >= 11 is 0. The first-order valence-electron chi connectivity index (χ1n) is 6.45. The second-order valence-electron chi connectivity index (χ2n) is 5.35. The highest BCUT2D eigenvalue weighted by molar-refractivity contribution is 5.77. The van der Waals surface area contributed by atoms with Gasteiger partial charge in [0.1, 0.15) is 11.8 Å². The molecule has 0 saturated heterocycles. The van der Waals surface area contributed by atoms with Crippen molar-refractivity contribution in [1.82, 2.24) is 5.32 Å². The zero-order valence-corrected chi connectivity index (χ0v) is 12.3. The lowest BCUT2D eigenvalue weighted by atomic mass is 10.0. The van der Waals surface area contributed by atoms with Crippen molar-refractivity contribution in [2.45, 2.75) is 39.3 Å². The van der Waals surface area contributed by atoms with E-state index in [-0.39, 0.29) is 11.5 Å². The molecule has 1 aromatic carbocycles. The van der Waals surface area contributed by atoms with E-state index in [1.54, 1.807) is 0 Å². The molecule has 106 valence electrons. The number of esters is 1. The average Bonchev–Trinajstić information content (AvgIpc) is 2.35. The molecule has 1 atom stereocenters. The van der Waals surface area contributed by atoms with Crippen molar-refractivity contribution in [3.63, 3.8) is 0 Å². The van der Waals surface area contributed by atoms with Gasteiger partial charge in [-0.25, -0.2) is 4.79 Å². The normalized spacial score (nSPS) is 12.9. The van der Waals surface area contributed by atoms with E-state index in [2.05, 4.69) is 5.32 Å². The maximum atomic E-state index is 11.9. The maximum absolute atomic E-state index is 11.9. The number of hydrogen-bond donors (Lipinski definition) is 1. The Bertz CT molecular complexity index is 406. The molecule has 0 heterocycles. The quantitative estimate of drug-likeness (QED) is 0.832.